The fraction of sp³-hybridized carbons (Fsp3) is 0.0714. The fourth-order valence-electron chi connectivity index (χ4n) is 1.53. The quantitative estimate of drug-likeness (QED) is 0.729. The Hall–Kier alpha value is -1.54. The van der Waals surface area contributed by atoms with Crippen LogP contribution in [0.5, 0.6) is 0 Å². The third-order valence-corrected chi connectivity index (χ3v) is 2.89. The van der Waals surface area contributed by atoms with Crippen molar-refractivity contribution in [1.29, 1.82) is 0 Å². The second kappa shape index (κ2) is 4.99. The van der Waals surface area contributed by atoms with Crippen molar-refractivity contribution in [2.24, 2.45) is 0 Å². The Morgan fingerprint density at radius 2 is 1.38 bits per heavy atom. The molecule has 1 radical (unpaired) electrons. The maximum absolute atomic E-state index is 12.0. The molecule has 0 fully saturated rings. The highest BCUT2D eigenvalue weighted by atomic mass is 32.1. The van der Waals surface area contributed by atoms with Crippen molar-refractivity contribution in [2.75, 3.05) is 0 Å². The Balaban J connectivity index is 2.24. The van der Waals surface area contributed by atoms with Crippen molar-refractivity contribution in [3.05, 3.63) is 71.8 Å². The first-order chi connectivity index (χ1) is 7.79. The van der Waals surface area contributed by atoms with Gasteiger partial charge in [-0.1, -0.05) is 73.3 Å². The summed E-state index contributed by atoms with van der Waals surface area (Å²) in [4.78, 5) is 12.0. The van der Waals surface area contributed by atoms with Gasteiger partial charge in [0.15, 0.2) is 5.78 Å². The number of benzene rings is 2. The van der Waals surface area contributed by atoms with Crippen molar-refractivity contribution in [2.45, 2.75) is 5.25 Å². The van der Waals surface area contributed by atoms with Crippen LogP contribution in [0.25, 0.3) is 0 Å². The van der Waals surface area contributed by atoms with E-state index in [1.807, 2.05) is 48.5 Å². The van der Waals surface area contributed by atoms with Crippen LogP contribution in [0.15, 0.2) is 60.7 Å². The van der Waals surface area contributed by atoms with Gasteiger partial charge in [-0.3, -0.25) is 4.79 Å². The molecule has 1 unspecified atom stereocenters. The molecule has 2 heteroatoms. The molecule has 2 aromatic rings. The van der Waals surface area contributed by atoms with Gasteiger partial charge in [0.2, 0.25) is 0 Å². The molecule has 0 aliphatic carbocycles. The molecule has 0 saturated carbocycles. The first-order valence-corrected chi connectivity index (χ1v) is 5.56. The summed E-state index contributed by atoms with van der Waals surface area (Å²) in [5.41, 5.74) is 1.55. The highest BCUT2D eigenvalue weighted by Crippen LogP contribution is 2.23. The summed E-state index contributed by atoms with van der Waals surface area (Å²) in [6, 6.07) is 18.7. The number of hydrogen-bond donors (Lipinski definition) is 0. The van der Waals surface area contributed by atoms with Crippen LogP contribution in [0.1, 0.15) is 21.2 Å². The summed E-state index contributed by atoms with van der Waals surface area (Å²) in [7, 11) is 0. The lowest BCUT2D eigenvalue weighted by molar-refractivity contribution is 0.0990. The molecule has 0 aliphatic rings. The number of carbonyl (C=O) groups is 1. The highest BCUT2D eigenvalue weighted by Gasteiger charge is 2.17. The summed E-state index contributed by atoms with van der Waals surface area (Å²) in [6.45, 7) is 0. The lowest BCUT2D eigenvalue weighted by Crippen LogP contribution is -2.07. The molecule has 1 atom stereocenters. The predicted octanol–water partition coefficient (Wildman–Crippen LogP) is 3.81. The SMILES string of the molecule is O=C(c1ccccc1)C([S])c1ccccc1. The summed E-state index contributed by atoms with van der Waals surface area (Å²) in [5.74, 6) is -0.0122. The zero-order valence-electron chi connectivity index (χ0n) is 8.67. The van der Waals surface area contributed by atoms with Gasteiger partial charge in [0.05, 0.1) is 0 Å². The minimum absolute atomic E-state index is 0.0122. The van der Waals surface area contributed by atoms with E-state index in [2.05, 4.69) is 0 Å². The number of rotatable bonds is 3. The van der Waals surface area contributed by atoms with E-state index < -0.39 is 5.25 Å². The van der Waals surface area contributed by atoms with E-state index in [0.29, 0.717) is 5.56 Å². The van der Waals surface area contributed by atoms with Crippen LogP contribution < -0.4 is 0 Å². The lowest BCUT2D eigenvalue weighted by atomic mass is 10.0. The Kier molecular flexibility index (Phi) is 3.42. The van der Waals surface area contributed by atoms with E-state index in [9.17, 15) is 4.79 Å². The number of ketones is 1. The van der Waals surface area contributed by atoms with Crippen molar-refractivity contribution in [3.63, 3.8) is 0 Å². The third-order valence-electron chi connectivity index (χ3n) is 2.40. The molecule has 2 rings (SSSR count). The molecular weight excluding hydrogens is 216 g/mol. The molecule has 0 amide bonds. The van der Waals surface area contributed by atoms with Crippen molar-refractivity contribution in [3.8, 4) is 0 Å². The smallest absolute Gasteiger partial charge is 0.181 e. The average molecular weight is 227 g/mol. The summed E-state index contributed by atoms with van der Waals surface area (Å²) in [6.07, 6.45) is 0. The predicted molar refractivity (Wildman–Crippen MR) is 67.5 cm³/mol. The summed E-state index contributed by atoms with van der Waals surface area (Å²) >= 11 is 5.26. The van der Waals surface area contributed by atoms with E-state index in [1.54, 1.807) is 12.1 Å². The van der Waals surface area contributed by atoms with Gasteiger partial charge >= 0.3 is 0 Å². The van der Waals surface area contributed by atoms with Gasteiger partial charge in [0.1, 0.15) is 5.25 Å². The monoisotopic (exact) mass is 227 g/mol. The Labute approximate surface area is 101 Å². The van der Waals surface area contributed by atoms with E-state index in [0.717, 1.165) is 5.56 Å². The molecular formula is C14H11OS. The van der Waals surface area contributed by atoms with Gasteiger partial charge < -0.3 is 0 Å². The van der Waals surface area contributed by atoms with E-state index >= 15 is 0 Å². The van der Waals surface area contributed by atoms with Crippen LogP contribution >= 0.6 is 12.6 Å². The molecule has 79 valence electrons. The van der Waals surface area contributed by atoms with Crippen molar-refractivity contribution in [1.82, 2.24) is 0 Å². The maximum atomic E-state index is 12.0. The molecule has 16 heavy (non-hydrogen) atoms. The summed E-state index contributed by atoms with van der Waals surface area (Å²) < 4.78 is 0. The normalized spacial score (nSPS) is 12.1. The Morgan fingerprint density at radius 3 is 1.94 bits per heavy atom. The third kappa shape index (κ3) is 2.34. The first kappa shape index (κ1) is 11.0. The topological polar surface area (TPSA) is 17.1 Å². The molecule has 0 aliphatic heterocycles. The molecule has 0 saturated heterocycles. The van der Waals surface area contributed by atoms with E-state index in [-0.39, 0.29) is 5.78 Å². The van der Waals surface area contributed by atoms with Crippen LogP contribution in [0.2, 0.25) is 0 Å². The Morgan fingerprint density at radius 1 is 0.875 bits per heavy atom. The second-order valence-electron chi connectivity index (χ2n) is 3.52. The molecule has 0 spiro atoms. The van der Waals surface area contributed by atoms with Crippen LogP contribution in [0.3, 0.4) is 0 Å². The van der Waals surface area contributed by atoms with Crippen LogP contribution in [0, 0.1) is 0 Å². The number of hydrogen-bond acceptors (Lipinski definition) is 1. The average Bonchev–Trinajstić information content (AvgIpc) is 2.39. The van der Waals surface area contributed by atoms with Gasteiger partial charge in [-0.05, 0) is 5.56 Å². The fourth-order valence-corrected chi connectivity index (χ4v) is 1.83. The zero-order chi connectivity index (χ0) is 11.4. The Bertz CT molecular complexity index is 465. The van der Waals surface area contributed by atoms with E-state index in [1.165, 1.54) is 0 Å². The second-order valence-corrected chi connectivity index (χ2v) is 3.99. The van der Waals surface area contributed by atoms with Gasteiger partial charge in [-0.2, -0.15) is 0 Å². The molecule has 0 N–H and O–H groups in total. The first-order valence-electron chi connectivity index (χ1n) is 5.09. The van der Waals surface area contributed by atoms with Crippen molar-refractivity contribution >= 4 is 18.4 Å². The standard InChI is InChI=1S/C14H11OS/c15-13(11-7-3-1-4-8-11)14(16)12-9-5-2-6-10-12/h1-10,14H. The van der Waals surface area contributed by atoms with Crippen molar-refractivity contribution < 1.29 is 4.79 Å². The van der Waals surface area contributed by atoms with Gasteiger partial charge in [0.25, 0.3) is 0 Å². The minimum Gasteiger partial charge on any atom is -0.293 e. The molecule has 0 heterocycles. The van der Waals surface area contributed by atoms with E-state index in [4.69, 9.17) is 12.6 Å². The minimum atomic E-state index is -0.497. The molecule has 0 aromatic heterocycles. The number of Topliss-reactive ketones (excluding diaryl/α,β-unsaturated/α-hetero) is 1. The van der Waals surface area contributed by atoms with Crippen LogP contribution in [-0.4, -0.2) is 5.78 Å². The zero-order valence-corrected chi connectivity index (χ0v) is 9.48. The lowest BCUT2D eigenvalue weighted by Gasteiger charge is -2.08. The molecule has 0 bridgehead atoms. The van der Waals surface area contributed by atoms with Crippen LogP contribution in [0.4, 0.5) is 0 Å². The van der Waals surface area contributed by atoms with Gasteiger partial charge in [0, 0.05) is 5.56 Å². The van der Waals surface area contributed by atoms with Gasteiger partial charge in [-0.25, -0.2) is 0 Å². The summed E-state index contributed by atoms with van der Waals surface area (Å²) in [5, 5.41) is -0.497. The van der Waals surface area contributed by atoms with Gasteiger partial charge in [-0.15, -0.1) is 0 Å². The van der Waals surface area contributed by atoms with Crippen LogP contribution in [-0.2, 0) is 0 Å². The maximum Gasteiger partial charge on any atom is 0.181 e. The number of carbonyl (C=O) groups excluding carboxylic acids is 1. The molecule has 1 nitrogen and oxygen atoms in total. The largest absolute Gasteiger partial charge is 0.293 e. The molecule has 2 aromatic carbocycles. The highest BCUT2D eigenvalue weighted by molar-refractivity contribution is 7.81.